The van der Waals surface area contributed by atoms with E-state index in [0.29, 0.717) is 11.8 Å². The van der Waals surface area contributed by atoms with Crippen LogP contribution in [-0.2, 0) is 6.18 Å². The van der Waals surface area contributed by atoms with Gasteiger partial charge in [-0.1, -0.05) is 15.9 Å². The van der Waals surface area contributed by atoms with E-state index in [1.54, 1.807) is 5.40 Å². The van der Waals surface area contributed by atoms with Gasteiger partial charge in [-0.2, -0.15) is 18.4 Å². The average molecular weight is 282 g/mol. The third-order valence-corrected chi connectivity index (χ3v) is 2.68. The molecule has 0 saturated carbocycles. The Bertz CT molecular complexity index is 383. The van der Waals surface area contributed by atoms with Crippen LogP contribution >= 0.6 is 27.7 Å². The predicted octanol–water partition coefficient (Wildman–Crippen LogP) is 4.04. The molecule has 0 radical (unpaired) electrons. The van der Waals surface area contributed by atoms with Gasteiger partial charge < -0.3 is 0 Å². The zero-order chi connectivity index (χ0) is 10.8. The number of nitriles is 1. The number of thioether (sulfide) groups is 1. The van der Waals surface area contributed by atoms with Gasteiger partial charge in [0.1, 0.15) is 5.40 Å². The van der Waals surface area contributed by atoms with E-state index in [-0.39, 0.29) is 9.37 Å². The van der Waals surface area contributed by atoms with Gasteiger partial charge >= 0.3 is 6.18 Å². The molecule has 0 saturated heterocycles. The number of alkyl halides is 3. The van der Waals surface area contributed by atoms with Crippen molar-refractivity contribution in [1.82, 2.24) is 0 Å². The quantitative estimate of drug-likeness (QED) is 0.573. The molecule has 0 aliphatic rings. The van der Waals surface area contributed by atoms with E-state index in [4.69, 9.17) is 5.26 Å². The summed E-state index contributed by atoms with van der Waals surface area (Å²) in [7, 11) is 0. The van der Waals surface area contributed by atoms with Crippen LogP contribution in [0.15, 0.2) is 27.6 Å². The lowest BCUT2D eigenvalue weighted by atomic mass is 10.2. The maximum Gasteiger partial charge on any atom is 0.417 e. The fourth-order valence-corrected chi connectivity index (χ4v) is 1.73. The minimum Gasteiger partial charge on any atom is -0.185 e. The second kappa shape index (κ2) is 4.24. The summed E-state index contributed by atoms with van der Waals surface area (Å²) in [6, 6.07) is 3.67. The Morgan fingerprint density at radius 2 is 2.00 bits per heavy atom. The molecule has 0 fully saturated rings. The van der Waals surface area contributed by atoms with Crippen molar-refractivity contribution in [3.63, 3.8) is 0 Å². The number of thiocyanates is 1. The van der Waals surface area contributed by atoms with Crippen LogP contribution in [-0.4, -0.2) is 0 Å². The SMILES string of the molecule is N#CSc1ccc(Br)c(C(F)(F)F)c1. The van der Waals surface area contributed by atoms with Crippen LogP contribution in [0.4, 0.5) is 13.2 Å². The zero-order valence-corrected chi connectivity index (χ0v) is 9.00. The lowest BCUT2D eigenvalue weighted by Crippen LogP contribution is -2.05. The van der Waals surface area contributed by atoms with Crippen LogP contribution in [0.3, 0.4) is 0 Å². The highest BCUT2D eigenvalue weighted by Crippen LogP contribution is 2.36. The lowest BCUT2D eigenvalue weighted by Gasteiger charge is -2.09. The summed E-state index contributed by atoms with van der Waals surface area (Å²) in [5.41, 5.74) is -0.766. The summed E-state index contributed by atoms with van der Waals surface area (Å²) in [4.78, 5) is 0.281. The molecule has 1 aromatic carbocycles. The minimum absolute atomic E-state index is 0.0210. The third kappa shape index (κ3) is 2.66. The van der Waals surface area contributed by atoms with Gasteiger partial charge in [0.05, 0.1) is 5.56 Å². The second-order valence-electron chi connectivity index (χ2n) is 2.33. The normalized spacial score (nSPS) is 11.1. The van der Waals surface area contributed by atoms with Gasteiger partial charge in [0.2, 0.25) is 0 Å². The number of nitrogens with zero attached hydrogens (tertiary/aromatic N) is 1. The van der Waals surface area contributed by atoms with E-state index in [1.165, 1.54) is 12.1 Å². The van der Waals surface area contributed by atoms with Crippen molar-refractivity contribution in [3.8, 4) is 5.40 Å². The first-order valence-electron chi connectivity index (χ1n) is 3.38. The molecule has 0 bridgehead atoms. The Morgan fingerprint density at radius 3 is 2.50 bits per heavy atom. The largest absolute Gasteiger partial charge is 0.417 e. The van der Waals surface area contributed by atoms with Crippen molar-refractivity contribution in [3.05, 3.63) is 28.2 Å². The molecule has 0 N–H and O–H groups in total. The minimum atomic E-state index is -4.40. The molecule has 0 amide bonds. The molecule has 14 heavy (non-hydrogen) atoms. The molecule has 0 atom stereocenters. The number of hydrogen-bond donors (Lipinski definition) is 0. The third-order valence-electron chi connectivity index (χ3n) is 1.41. The highest BCUT2D eigenvalue weighted by Gasteiger charge is 2.33. The maximum atomic E-state index is 12.3. The molecule has 1 nitrogen and oxygen atoms in total. The molecule has 0 heterocycles. The fourth-order valence-electron chi connectivity index (χ4n) is 0.838. The molecule has 0 unspecified atom stereocenters. The van der Waals surface area contributed by atoms with Crippen LogP contribution in [0.5, 0.6) is 0 Å². The molecule has 0 spiro atoms. The summed E-state index contributed by atoms with van der Waals surface area (Å²) < 4.78 is 37.0. The summed E-state index contributed by atoms with van der Waals surface area (Å²) in [6.45, 7) is 0. The van der Waals surface area contributed by atoms with Crippen molar-refractivity contribution in [1.29, 1.82) is 5.26 Å². The van der Waals surface area contributed by atoms with Gasteiger partial charge in [-0.05, 0) is 30.0 Å². The Balaban J connectivity index is 3.17. The van der Waals surface area contributed by atoms with Crippen LogP contribution in [0.2, 0.25) is 0 Å². The molecular formula is C8H3BrF3NS. The Morgan fingerprint density at radius 1 is 1.36 bits per heavy atom. The molecule has 0 aromatic heterocycles. The first-order chi connectivity index (χ1) is 6.45. The van der Waals surface area contributed by atoms with Gasteiger partial charge in [0, 0.05) is 9.37 Å². The highest BCUT2D eigenvalue weighted by atomic mass is 79.9. The molecule has 74 valence electrons. The number of hydrogen-bond acceptors (Lipinski definition) is 2. The zero-order valence-electron chi connectivity index (χ0n) is 6.60. The van der Waals surface area contributed by atoms with Gasteiger partial charge in [-0.15, -0.1) is 0 Å². The van der Waals surface area contributed by atoms with Crippen LogP contribution in [0.25, 0.3) is 0 Å². The maximum absolute atomic E-state index is 12.3. The Kier molecular flexibility index (Phi) is 3.45. The second-order valence-corrected chi connectivity index (χ2v) is 4.05. The first kappa shape index (κ1) is 11.4. The van der Waals surface area contributed by atoms with E-state index in [9.17, 15) is 13.2 Å². The number of rotatable bonds is 1. The van der Waals surface area contributed by atoms with Crippen molar-refractivity contribution in [2.45, 2.75) is 11.1 Å². The summed E-state index contributed by atoms with van der Waals surface area (Å²) in [5.74, 6) is 0. The summed E-state index contributed by atoms with van der Waals surface area (Å²) in [5, 5.41) is 10.0. The van der Waals surface area contributed by atoms with Crippen molar-refractivity contribution >= 4 is 27.7 Å². The highest BCUT2D eigenvalue weighted by molar-refractivity contribution is 9.10. The lowest BCUT2D eigenvalue weighted by molar-refractivity contribution is -0.138. The van der Waals surface area contributed by atoms with Gasteiger partial charge in [-0.25, -0.2) is 0 Å². The van der Waals surface area contributed by atoms with Crippen molar-refractivity contribution in [2.75, 3.05) is 0 Å². The summed E-state index contributed by atoms with van der Waals surface area (Å²) in [6.07, 6.45) is -4.40. The van der Waals surface area contributed by atoms with Crippen LogP contribution in [0.1, 0.15) is 5.56 Å². The van der Waals surface area contributed by atoms with E-state index < -0.39 is 11.7 Å². The van der Waals surface area contributed by atoms with Crippen molar-refractivity contribution in [2.24, 2.45) is 0 Å². The molecule has 0 aliphatic carbocycles. The van der Waals surface area contributed by atoms with E-state index >= 15 is 0 Å². The van der Waals surface area contributed by atoms with E-state index in [0.717, 1.165) is 6.07 Å². The predicted molar refractivity (Wildman–Crippen MR) is 50.6 cm³/mol. The first-order valence-corrected chi connectivity index (χ1v) is 4.99. The molecule has 1 aromatic rings. The number of benzene rings is 1. The Hall–Kier alpha value is -0.670. The molecule has 1 rings (SSSR count). The van der Waals surface area contributed by atoms with Gasteiger partial charge in [-0.3, -0.25) is 0 Å². The summed E-state index contributed by atoms with van der Waals surface area (Å²) >= 11 is 3.50. The van der Waals surface area contributed by atoms with E-state index in [2.05, 4.69) is 15.9 Å². The average Bonchev–Trinajstić information content (AvgIpc) is 2.07. The smallest absolute Gasteiger partial charge is 0.185 e. The van der Waals surface area contributed by atoms with Crippen LogP contribution in [0, 0.1) is 10.7 Å². The van der Waals surface area contributed by atoms with E-state index in [1.807, 2.05) is 0 Å². The molecule has 6 heteroatoms. The van der Waals surface area contributed by atoms with Gasteiger partial charge in [0.15, 0.2) is 0 Å². The van der Waals surface area contributed by atoms with Gasteiger partial charge in [0.25, 0.3) is 0 Å². The number of halogens is 4. The van der Waals surface area contributed by atoms with Crippen LogP contribution < -0.4 is 0 Å². The monoisotopic (exact) mass is 281 g/mol. The van der Waals surface area contributed by atoms with Crippen molar-refractivity contribution < 1.29 is 13.2 Å². The standard InChI is InChI=1S/C8H3BrF3NS/c9-7-2-1-5(14-4-13)3-6(7)8(10,11)12/h1-3H. The topological polar surface area (TPSA) is 23.8 Å². The molecular weight excluding hydrogens is 279 g/mol. The fraction of sp³-hybridized carbons (Fsp3) is 0.125. The molecule has 0 aliphatic heterocycles. The Labute approximate surface area is 91.0 Å².